The maximum absolute atomic E-state index is 12.1. The van der Waals surface area contributed by atoms with E-state index in [1.165, 1.54) is 12.8 Å². The van der Waals surface area contributed by atoms with E-state index in [9.17, 15) is 4.79 Å². The van der Waals surface area contributed by atoms with Crippen molar-refractivity contribution in [1.29, 1.82) is 0 Å². The maximum atomic E-state index is 12.1. The Balaban J connectivity index is 1.36. The molecule has 190 valence electrons. The normalized spacial score (nSPS) is 13.1. The first-order valence-corrected chi connectivity index (χ1v) is 13.0. The van der Waals surface area contributed by atoms with Gasteiger partial charge in [0.1, 0.15) is 18.2 Å². The van der Waals surface area contributed by atoms with Crippen LogP contribution in [0.15, 0.2) is 79.0 Å². The van der Waals surface area contributed by atoms with Crippen LogP contribution in [0.1, 0.15) is 42.5 Å². The topological polar surface area (TPSA) is 87.3 Å². The van der Waals surface area contributed by atoms with E-state index in [1.807, 2.05) is 37.3 Å². The van der Waals surface area contributed by atoms with Gasteiger partial charge in [-0.2, -0.15) is 0 Å². The van der Waals surface area contributed by atoms with Gasteiger partial charge in [0, 0.05) is 39.7 Å². The van der Waals surface area contributed by atoms with Crippen LogP contribution in [0.5, 0.6) is 5.75 Å². The number of pyridine rings is 2. The summed E-state index contributed by atoms with van der Waals surface area (Å²) in [5.74, 6) is 1.47. The first kappa shape index (κ1) is 23.9. The van der Waals surface area contributed by atoms with Crippen LogP contribution in [0.25, 0.3) is 32.8 Å². The molecule has 0 spiro atoms. The van der Waals surface area contributed by atoms with Gasteiger partial charge in [0.05, 0.1) is 18.5 Å². The molecule has 0 amide bonds. The molecule has 2 N–H and O–H groups in total. The van der Waals surface area contributed by atoms with E-state index < -0.39 is 0 Å². The molecular weight excluding hydrogens is 474 g/mol. The van der Waals surface area contributed by atoms with Crippen LogP contribution in [-0.4, -0.2) is 22.5 Å². The Labute approximate surface area is 221 Å². The van der Waals surface area contributed by atoms with Crippen molar-refractivity contribution in [1.82, 2.24) is 9.97 Å². The number of esters is 1. The minimum Gasteiger partial charge on any atom is -0.489 e. The zero-order valence-electron chi connectivity index (χ0n) is 21.3. The molecule has 5 aromatic rings. The molecule has 1 aliphatic carbocycles. The Kier molecular flexibility index (Phi) is 6.38. The lowest BCUT2D eigenvalue weighted by atomic mass is 9.98. The summed E-state index contributed by atoms with van der Waals surface area (Å²) in [7, 11) is 0. The molecule has 0 radical (unpaired) electrons. The maximum Gasteiger partial charge on any atom is 0.310 e. The lowest BCUT2D eigenvalue weighted by molar-refractivity contribution is -0.142. The van der Waals surface area contributed by atoms with Gasteiger partial charge in [0.2, 0.25) is 0 Å². The van der Waals surface area contributed by atoms with Crippen molar-refractivity contribution in [3.63, 3.8) is 0 Å². The number of aromatic nitrogens is 2. The molecule has 0 bridgehead atoms. The number of ether oxygens (including phenoxy) is 2. The van der Waals surface area contributed by atoms with Crippen molar-refractivity contribution < 1.29 is 14.3 Å². The van der Waals surface area contributed by atoms with Crippen molar-refractivity contribution in [2.24, 2.45) is 0 Å². The van der Waals surface area contributed by atoms with Gasteiger partial charge in [-0.3, -0.25) is 9.78 Å². The first-order valence-electron chi connectivity index (χ1n) is 13.0. The van der Waals surface area contributed by atoms with Gasteiger partial charge in [-0.25, -0.2) is 4.98 Å². The fraction of sp³-hybridized carbons (Fsp3) is 0.219. The van der Waals surface area contributed by atoms with Crippen LogP contribution in [0.2, 0.25) is 0 Å². The molecule has 1 fully saturated rings. The number of fused-ring (bicyclic) bond motifs is 2. The number of hydrogen-bond acceptors (Lipinski definition) is 6. The van der Waals surface area contributed by atoms with Crippen molar-refractivity contribution in [3.8, 4) is 16.9 Å². The first-order chi connectivity index (χ1) is 18.6. The van der Waals surface area contributed by atoms with Crippen LogP contribution >= 0.6 is 0 Å². The average molecular weight is 504 g/mol. The third-order valence-electron chi connectivity index (χ3n) is 7.04. The van der Waals surface area contributed by atoms with Gasteiger partial charge in [0.15, 0.2) is 0 Å². The van der Waals surface area contributed by atoms with E-state index in [1.54, 1.807) is 6.20 Å². The third kappa shape index (κ3) is 4.90. The van der Waals surface area contributed by atoms with Crippen molar-refractivity contribution in [3.05, 3.63) is 95.8 Å². The molecule has 1 saturated carbocycles. The summed E-state index contributed by atoms with van der Waals surface area (Å²) in [6.07, 6.45) is 4.25. The summed E-state index contributed by atoms with van der Waals surface area (Å²) in [5, 5.41) is 3.05. The van der Waals surface area contributed by atoms with Crippen LogP contribution in [0.3, 0.4) is 0 Å². The Hall–Kier alpha value is -4.45. The fourth-order valence-electron chi connectivity index (χ4n) is 4.89. The SMILES string of the molecule is CCOC(=O)Cc1ccccc1OCc1cc(C2CC2)nc2ccc(-c3ccc4ccnc(N)c4c3)cc12. The minimum absolute atomic E-state index is 0.179. The summed E-state index contributed by atoms with van der Waals surface area (Å²) < 4.78 is 11.5. The Morgan fingerprint density at radius 1 is 0.947 bits per heavy atom. The van der Waals surface area contributed by atoms with Gasteiger partial charge in [-0.15, -0.1) is 0 Å². The van der Waals surface area contributed by atoms with Crippen molar-refractivity contribution in [2.75, 3.05) is 12.3 Å². The highest BCUT2D eigenvalue weighted by atomic mass is 16.5. The molecule has 0 saturated heterocycles. The Bertz CT molecular complexity index is 1660. The highest BCUT2D eigenvalue weighted by molar-refractivity contribution is 5.95. The second-order valence-corrected chi connectivity index (χ2v) is 9.72. The molecular formula is C32H29N3O3. The molecule has 0 unspecified atom stereocenters. The number of anilines is 1. The van der Waals surface area contributed by atoms with Gasteiger partial charge < -0.3 is 15.2 Å². The summed E-state index contributed by atoms with van der Waals surface area (Å²) in [6.45, 7) is 2.54. The van der Waals surface area contributed by atoms with E-state index in [-0.39, 0.29) is 12.4 Å². The van der Waals surface area contributed by atoms with Gasteiger partial charge in [0.25, 0.3) is 0 Å². The number of carbonyl (C=O) groups is 1. The predicted molar refractivity (Wildman–Crippen MR) is 150 cm³/mol. The largest absolute Gasteiger partial charge is 0.489 e. The van der Waals surface area contributed by atoms with Crippen LogP contribution in [-0.2, 0) is 22.6 Å². The molecule has 6 heteroatoms. The highest BCUT2D eigenvalue weighted by Crippen LogP contribution is 2.41. The highest BCUT2D eigenvalue weighted by Gasteiger charge is 2.26. The summed E-state index contributed by atoms with van der Waals surface area (Å²) in [5.41, 5.74) is 12.3. The zero-order valence-corrected chi connectivity index (χ0v) is 21.3. The molecule has 1 aliphatic rings. The number of nitrogens with two attached hydrogens (primary N) is 1. The van der Waals surface area contributed by atoms with E-state index in [2.05, 4.69) is 47.4 Å². The minimum atomic E-state index is -0.259. The van der Waals surface area contributed by atoms with E-state index in [0.29, 0.717) is 30.7 Å². The summed E-state index contributed by atoms with van der Waals surface area (Å²) in [4.78, 5) is 21.3. The smallest absolute Gasteiger partial charge is 0.310 e. The van der Waals surface area contributed by atoms with E-state index in [4.69, 9.17) is 20.2 Å². The Morgan fingerprint density at radius 3 is 2.55 bits per heavy atom. The van der Waals surface area contributed by atoms with Gasteiger partial charge in [-0.1, -0.05) is 36.4 Å². The molecule has 2 heterocycles. The number of para-hydroxylation sites is 1. The number of carbonyl (C=O) groups excluding carboxylic acids is 1. The molecule has 38 heavy (non-hydrogen) atoms. The molecule has 0 atom stereocenters. The molecule has 0 aliphatic heterocycles. The van der Waals surface area contributed by atoms with Crippen molar-refractivity contribution >= 4 is 33.5 Å². The van der Waals surface area contributed by atoms with Crippen molar-refractivity contribution in [2.45, 2.75) is 38.7 Å². The number of nitrogens with zero attached hydrogens (tertiary/aromatic N) is 2. The van der Waals surface area contributed by atoms with E-state index >= 15 is 0 Å². The quantitative estimate of drug-likeness (QED) is 0.240. The number of rotatable bonds is 8. The second kappa shape index (κ2) is 10.1. The predicted octanol–water partition coefficient (Wildman–Crippen LogP) is 6.59. The fourth-order valence-corrected chi connectivity index (χ4v) is 4.89. The second-order valence-electron chi connectivity index (χ2n) is 9.72. The van der Waals surface area contributed by atoms with Crippen LogP contribution < -0.4 is 10.5 Å². The third-order valence-corrected chi connectivity index (χ3v) is 7.04. The average Bonchev–Trinajstić information content (AvgIpc) is 3.78. The lowest BCUT2D eigenvalue weighted by Gasteiger charge is -2.15. The standard InChI is InChI=1S/C32H29N3O3/c1-2-37-31(36)18-24-5-3-4-6-30(24)38-19-25-17-29(21-8-9-21)35-28-12-11-23(15-26(25)28)22-10-7-20-13-14-34-32(33)27(20)16-22/h3-7,10-17,21H,2,8-9,18-19H2,1H3,(H2,33,34). The molecule has 6 rings (SSSR count). The van der Waals surface area contributed by atoms with Gasteiger partial charge in [-0.05, 0) is 72.7 Å². The lowest BCUT2D eigenvalue weighted by Crippen LogP contribution is -2.09. The molecule has 6 nitrogen and oxygen atoms in total. The molecule has 2 aromatic heterocycles. The summed E-state index contributed by atoms with van der Waals surface area (Å²) in [6, 6.07) is 24.4. The monoisotopic (exact) mass is 503 g/mol. The summed E-state index contributed by atoms with van der Waals surface area (Å²) >= 11 is 0. The number of benzene rings is 3. The van der Waals surface area contributed by atoms with Crippen LogP contribution in [0.4, 0.5) is 5.82 Å². The Morgan fingerprint density at radius 2 is 1.74 bits per heavy atom. The zero-order chi connectivity index (χ0) is 26.1. The van der Waals surface area contributed by atoms with Crippen LogP contribution in [0, 0.1) is 0 Å². The number of hydrogen-bond donors (Lipinski definition) is 1. The van der Waals surface area contributed by atoms with E-state index in [0.717, 1.165) is 49.6 Å². The van der Waals surface area contributed by atoms with Gasteiger partial charge >= 0.3 is 5.97 Å². The molecule has 3 aromatic carbocycles. The number of nitrogen functional groups attached to an aromatic ring is 1.